The summed E-state index contributed by atoms with van der Waals surface area (Å²) in [5, 5.41) is 39.1. The van der Waals surface area contributed by atoms with Gasteiger partial charge in [-0.1, -0.05) is 132 Å². The van der Waals surface area contributed by atoms with Crippen molar-refractivity contribution in [2.45, 2.75) is 186 Å². The van der Waals surface area contributed by atoms with Crippen molar-refractivity contribution in [1.82, 2.24) is 0 Å². The summed E-state index contributed by atoms with van der Waals surface area (Å²) in [6.07, 6.45) is 35.1. The predicted molar refractivity (Wildman–Crippen MR) is 243 cm³/mol. The first-order chi connectivity index (χ1) is 29.9. The number of aliphatic hydroxyl groups excluding tert-OH is 4. The molecule has 356 valence electrons. The summed E-state index contributed by atoms with van der Waals surface area (Å²) in [4.78, 5) is 47.9. The molecule has 1 saturated carbocycles. The van der Waals surface area contributed by atoms with E-state index in [4.69, 9.17) is 19.1 Å². The third-order valence-corrected chi connectivity index (χ3v) is 11.5. The van der Waals surface area contributed by atoms with Gasteiger partial charge in [0, 0.05) is 31.1 Å². The molecular weight excluding hydrogens is 815 g/mol. The van der Waals surface area contributed by atoms with Crippen molar-refractivity contribution in [1.29, 1.82) is 0 Å². The van der Waals surface area contributed by atoms with Crippen molar-refractivity contribution >= 4 is 25.5 Å². The second-order valence-electron chi connectivity index (χ2n) is 16.2. The van der Waals surface area contributed by atoms with Crippen LogP contribution in [0.4, 0.5) is 0 Å². The first-order valence-corrected chi connectivity index (χ1v) is 24.8. The maximum atomic E-state index is 12.8. The number of unbranched alkanes of at least 4 members (excludes halogenated alkanes) is 11. The molecule has 7 atom stereocenters. The zero-order chi connectivity index (χ0) is 45.7. The van der Waals surface area contributed by atoms with Crippen molar-refractivity contribution in [3.8, 4) is 0 Å². The predicted octanol–water partition coefficient (Wildman–Crippen LogP) is 9.26. The van der Waals surface area contributed by atoms with Crippen molar-refractivity contribution in [3.05, 3.63) is 60.8 Å². The van der Waals surface area contributed by atoms with Crippen LogP contribution in [-0.2, 0) is 37.5 Å². The number of phosphoric ester groups is 1. The molecule has 0 spiro atoms. The van der Waals surface area contributed by atoms with Gasteiger partial charge in [0.2, 0.25) is 0 Å². The Morgan fingerprint density at radius 2 is 1.27 bits per heavy atom. The summed E-state index contributed by atoms with van der Waals surface area (Å²) < 4.78 is 32.7. The monoisotopic (exact) mass is 897 g/mol. The van der Waals surface area contributed by atoms with Crippen molar-refractivity contribution in [2.75, 3.05) is 26.4 Å². The van der Waals surface area contributed by atoms with Crippen LogP contribution in [0.15, 0.2) is 60.8 Å². The quantitative estimate of drug-likeness (QED) is 0.0169. The number of aliphatic hydroxyl groups is 4. The Bertz CT molecular complexity index is 1380. The van der Waals surface area contributed by atoms with E-state index in [1.54, 1.807) is 12.2 Å². The molecule has 5 N–H and O–H groups in total. The van der Waals surface area contributed by atoms with E-state index in [0.717, 1.165) is 77.0 Å². The minimum Gasteiger partial charge on any atom is -0.462 e. The topological polar surface area (TPSA) is 206 Å². The standard InChI is InChI=1S/C48H81O13P/c1-3-5-7-8-9-10-11-12-13-14-15-16-17-18-19-20-21-22-27-31-47(54)58-38-42(39-60-62(56,57)59-37-41(51)36-49)61-48(55)32-28-24-23-26-30-43-44(46(53)35-45(43)52)34-33-40(50)29-25-6-4-2/h9-10,12-13,15-16,18-19,33-34,40-44,46,49-51,53H,3-8,11,14,17,20-32,35-39H2,1-2H3,(H,56,57)/b10-9-,13-12-,16-15-,19-18-,34-33+/t40-,41-,42+,43+,44+,46+/m0/s1. The van der Waals surface area contributed by atoms with E-state index in [0.29, 0.717) is 32.1 Å². The number of rotatable bonds is 39. The maximum absolute atomic E-state index is 12.8. The Hall–Kier alpha value is -2.74. The molecule has 1 aliphatic rings. The number of Topliss-reactive ketones (excluding diaryl/α,β-unsaturated/α-hetero) is 1. The van der Waals surface area contributed by atoms with Crippen LogP contribution in [0.3, 0.4) is 0 Å². The van der Waals surface area contributed by atoms with Crippen LogP contribution in [0.1, 0.15) is 162 Å². The highest BCUT2D eigenvalue weighted by atomic mass is 31.2. The second kappa shape index (κ2) is 37.6. The zero-order valence-corrected chi connectivity index (χ0v) is 38.7. The lowest BCUT2D eigenvalue weighted by atomic mass is 9.88. The van der Waals surface area contributed by atoms with Crippen LogP contribution in [0, 0.1) is 11.8 Å². The number of carbonyl (C=O) groups is 3. The molecule has 1 unspecified atom stereocenters. The van der Waals surface area contributed by atoms with Gasteiger partial charge >= 0.3 is 19.8 Å². The van der Waals surface area contributed by atoms with Crippen molar-refractivity contribution in [2.24, 2.45) is 11.8 Å². The Morgan fingerprint density at radius 1 is 0.726 bits per heavy atom. The maximum Gasteiger partial charge on any atom is 0.472 e. The summed E-state index contributed by atoms with van der Waals surface area (Å²) in [6.45, 7) is 1.93. The number of allylic oxidation sites excluding steroid dienone is 8. The summed E-state index contributed by atoms with van der Waals surface area (Å²) in [5.41, 5.74) is 0. The van der Waals surface area contributed by atoms with Gasteiger partial charge in [0.05, 0.1) is 32.0 Å². The second-order valence-corrected chi connectivity index (χ2v) is 17.7. The Balaban J connectivity index is 2.44. The first-order valence-electron chi connectivity index (χ1n) is 23.3. The number of carbonyl (C=O) groups excluding carboxylic acids is 3. The van der Waals surface area contributed by atoms with E-state index in [9.17, 15) is 39.2 Å². The smallest absolute Gasteiger partial charge is 0.462 e. The Kier molecular flexibility index (Phi) is 34.8. The van der Waals surface area contributed by atoms with E-state index in [1.165, 1.54) is 19.3 Å². The third kappa shape index (κ3) is 31.2. The molecule has 0 radical (unpaired) electrons. The van der Waals surface area contributed by atoms with Gasteiger partial charge in [-0.3, -0.25) is 23.4 Å². The van der Waals surface area contributed by atoms with Gasteiger partial charge in [-0.05, 0) is 70.6 Å². The number of esters is 2. The van der Waals surface area contributed by atoms with Gasteiger partial charge in [0.1, 0.15) is 18.5 Å². The van der Waals surface area contributed by atoms with Crippen LogP contribution < -0.4 is 0 Å². The summed E-state index contributed by atoms with van der Waals surface area (Å²) in [5.74, 6) is -1.75. The number of hydrogen-bond donors (Lipinski definition) is 5. The average Bonchev–Trinajstić information content (AvgIpc) is 3.52. The Labute approximate surface area is 372 Å². The van der Waals surface area contributed by atoms with Gasteiger partial charge < -0.3 is 34.8 Å². The molecule has 0 aromatic carbocycles. The molecule has 0 saturated heterocycles. The minimum absolute atomic E-state index is 0.0193. The summed E-state index contributed by atoms with van der Waals surface area (Å²) in [6, 6.07) is 0. The molecule has 1 rings (SSSR count). The number of ether oxygens (including phenoxy) is 2. The van der Waals surface area contributed by atoms with Crippen LogP contribution >= 0.6 is 7.82 Å². The first kappa shape index (κ1) is 57.3. The summed E-state index contributed by atoms with van der Waals surface area (Å²) in [7, 11) is -4.70. The molecular formula is C48H81O13P. The van der Waals surface area contributed by atoms with Crippen LogP contribution in [0.25, 0.3) is 0 Å². The van der Waals surface area contributed by atoms with Crippen molar-refractivity contribution < 1.29 is 62.8 Å². The molecule has 0 aromatic rings. The fraction of sp³-hybridized carbons (Fsp3) is 0.729. The number of ketones is 1. The molecule has 0 heterocycles. The van der Waals surface area contributed by atoms with Crippen molar-refractivity contribution in [3.63, 3.8) is 0 Å². The van der Waals surface area contributed by atoms with Crippen LogP contribution in [-0.4, -0.2) is 93.9 Å². The lowest BCUT2D eigenvalue weighted by Crippen LogP contribution is -2.29. The Morgan fingerprint density at radius 3 is 1.90 bits per heavy atom. The third-order valence-electron chi connectivity index (χ3n) is 10.5. The molecule has 0 aliphatic heterocycles. The molecule has 0 amide bonds. The van der Waals surface area contributed by atoms with E-state index in [1.807, 2.05) is 0 Å². The lowest BCUT2D eigenvalue weighted by molar-refractivity contribution is -0.161. The van der Waals surface area contributed by atoms with E-state index in [-0.39, 0.29) is 36.9 Å². The van der Waals surface area contributed by atoms with E-state index < -0.39 is 70.6 Å². The molecule has 0 aromatic heterocycles. The van der Waals surface area contributed by atoms with Gasteiger partial charge in [0.25, 0.3) is 0 Å². The number of phosphoric acid groups is 1. The number of hydrogen-bond acceptors (Lipinski definition) is 12. The molecule has 1 aliphatic carbocycles. The van der Waals surface area contributed by atoms with Crippen LogP contribution in [0.2, 0.25) is 0 Å². The highest BCUT2D eigenvalue weighted by Crippen LogP contribution is 2.43. The molecule has 62 heavy (non-hydrogen) atoms. The lowest BCUT2D eigenvalue weighted by Gasteiger charge is -2.20. The van der Waals surface area contributed by atoms with Gasteiger partial charge in [-0.15, -0.1) is 0 Å². The fourth-order valence-corrected chi connectivity index (χ4v) is 7.66. The summed E-state index contributed by atoms with van der Waals surface area (Å²) >= 11 is 0. The molecule has 14 heteroatoms. The highest BCUT2D eigenvalue weighted by molar-refractivity contribution is 7.47. The molecule has 13 nitrogen and oxygen atoms in total. The normalized spacial score (nSPS) is 19.7. The SMILES string of the molecule is CCCCC/C=C\C/C=C\C/C=C\C/C=C\CCCCCC(=O)OC[C@H](COP(=O)(O)OC[C@@H](O)CO)OC(=O)CCCCCC[C@H]1C(=O)C[C@@H](O)[C@@H]1/C=C/[C@@H](O)CCCCC. The average molecular weight is 897 g/mol. The fourth-order valence-electron chi connectivity index (χ4n) is 6.87. The zero-order valence-electron chi connectivity index (χ0n) is 37.8. The minimum atomic E-state index is -4.70. The van der Waals surface area contributed by atoms with E-state index >= 15 is 0 Å². The molecule has 0 bridgehead atoms. The van der Waals surface area contributed by atoms with Gasteiger partial charge in [-0.2, -0.15) is 0 Å². The van der Waals surface area contributed by atoms with E-state index in [2.05, 4.69) is 67.0 Å². The van der Waals surface area contributed by atoms with Crippen LogP contribution in [0.5, 0.6) is 0 Å². The van der Waals surface area contributed by atoms with Gasteiger partial charge in [0.15, 0.2) is 6.10 Å². The van der Waals surface area contributed by atoms with Gasteiger partial charge in [-0.25, -0.2) is 4.57 Å². The largest absolute Gasteiger partial charge is 0.472 e. The molecule has 1 fully saturated rings. The highest BCUT2D eigenvalue weighted by Gasteiger charge is 2.39.